The number of ether oxygens (including phenoxy) is 2. The molecule has 1 N–H and O–H groups in total. The number of allylic oxidation sites excluding steroid dienone is 1. The lowest BCUT2D eigenvalue weighted by molar-refractivity contribution is -0.143. The van der Waals surface area contributed by atoms with Crippen LogP contribution < -0.4 is 10.1 Å². The highest BCUT2D eigenvalue weighted by atomic mass is 35.5. The van der Waals surface area contributed by atoms with E-state index in [2.05, 4.69) is 15.2 Å². The number of ketones is 1. The van der Waals surface area contributed by atoms with E-state index in [0.29, 0.717) is 47.1 Å². The first-order valence-electron chi connectivity index (χ1n) is 14.0. The summed E-state index contributed by atoms with van der Waals surface area (Å²) in [7, 11) is 0. The predicted octanol–water partition coefficient (Wildman–Crippen LogP) is 7.27. The van der Waals surface area contributed by atoms with E-state index in [0.717, 1.165) is 23.5 Å². The number of Topliss-reactive ketones (excluding diaryl/α,β-unsaturated/α-hetero) is 1. The average molecular weight is 610 g/mol. The van der Waals surface area contributed by atoms with E-state index in [1.807, 2.05) is 45.9 Å². The number of carbonyl (C=O) groups is 2. The highest BCUT2D eigenvalue weighted by molar-refractivity contribution is 6.30. The van der Waals surface area contributed by atoms with Gasteiger partial charge in [0.05, 0.1) is 30.0 Å². The Morgan fingerprint density at radius 3 is 2.47 bits per heavy atom. The van der Waals surface area contributed by atoms with Crippen LogP contribution in [0.25, 0.3) is 0 Å². The van der Waals surface area contributed by atoms with Gasteiger partial charge in [-0.25, -0.2) is 18.6 Å². The molecule has 0 saturated heterocycles. The van der Waals surface area contributed by atoms with Crippen LogP contribution in [0.1, 0.15) is 56.1 Å². The second kappa shape index (κ2) is 14.4. The molecule has 0 aliphatic carbocycles. The quantitative estimate of drug-likeness (QED) is 0.132. The van der Waals surface area contributed by atoms with Gasteiger partial charge >= 0.3 is 5.97 Å². The minimum atomic E-state index is -0.813. The van der Waals surface area contributed by atoms with Gasteiger partial charge in [0.2, 0.25) is 0 Å². The van der Waals surface area contributed by atoms with Gasteiger partial charge in [-0.1, -0.05) is 23.7 Å². The summed E-state index contributed by atoms with van der Waals surface area (Å²) in [6.07, 6.45) is 0.384. The van der Waals surface area contributed by atoms with E-state index in [-0.39, 0.29) is 24.2 Å². The third kappa shape index (κ3) is 8.27. The molecule has 1 atom stereocenters. The third-order valence-corrected chi connectivity index (χ3v) is 7.02. The lowest BCUT2D eigenvalue weighted by Gasteiger charge is -2.38. The van der Waals surface area contributed by atoms with Crippen LogP contribution in [0.5, 0.6) is 11.5 Å². The highest BCUT2D eigenvalue weighted by Gasteiger charge is 2.35. The number of benzene rings is 3. The predicted molar refractivity (Wildman–Crippen MR) is 163 cm³/mol. The van der Waals surface area contributed by atoms with Crippen LogP contribution in [0, 0.1) is 11.6 Å². The molecule has 4 rings (SSSR count). The molecule has 10 heteroatoms. The second-order valence-electron chi connectivity index (χ2n) is 10.4. The largest absolute Gasteiger partial charge is 0.459 e. The molecule has 1 aliphatic heterocycles. The van der Waals surface area contributed by atoms with Crippen molar-refractivity contribution < 1.29 is 27.8 Å². The van der Waals surface area contributed by atoms with Crippen molar-refractivity contribution in [2.75, 3.05) is 19.6 Å². The summed E-state index contributed by atoms with van der Waals surface area (Å²) >= 11 is 6.32. The Morgan fingerprint density at radius 2 is 1.79 bits per heavy atom. The van der Waals surface area contributed by atoms with Crippen molar-refractivity contribution in [1.82, 2.24) is 10.2 Å². The number of nitrogens with zero attached hydrogens (tertiary/aromatic N) is 2. The number of hydrogen-bond donors (Lipinski definition) is 1. The van der Waals surface area contributed by atoms with Crippen molar-refractivity contribution in [2.45, 2.75) is 46.3 Å². The molecule has 3 aromatic rings. The van der Waals surface area contributed by atoms with Crippen LogP contribution in [0.4, 0.5) is 8.78 Å². The minimum Gasteiger partial charge on any atom is -0.459 e. The zero-order valence-electron chi connectivity index (χ0n) is 24.5. The summed E-state index contributed by atoms with van der Waals surface area (Å²) in [5.41, 5.74) is 2.40. The maximum Gasteiger partial charge on any atom is 0.338 e. The minimum absolute atomic E-state index is 0.108. The van der Waals surface area contributed by atoms with Gasteiger partial charge in [-0.3, -0.25) is 4.79 Å². The molecule has 43 heavy (non-hydrogen) atoms. The van der Waals surface area contributed by atoms with Gasteiger partial charge in [-0.05, 0) is 94.8 Å². The normalized spacial score (nSPS) is 15.0. The fourth-order valence-electron chi connectivity index (χ4n) is 4.83. The summed E-state index contributed by atoms with van der Waals surface area (Å²) in [6, 6.07) is 16.4. The van der Waals surface area contributed by atoms with Gasteiger partial charge in [0.15, 0.2) is 17.3 Å². The zero-order valence-corrected chi connectivity index (χ0v) is 25.3. The van der Waals surface area contributed by atoms with Crippen molar-refractivity contribution in [3.8, 4) is 11.5 Å². The average Bonchev–Trinajstić information content (AvgIpc) is 2.94. The molecule has 0 saturated carbocycles. The van der Waals surface area contributed by atoms with Crippen LogP contribution in [-0.4, -0.2) is 48.2 Å². The Morgan fingerprint density at radius 1 is 1.05 bits per heavy atom. The van der Waals surface area contributed by atoms with E-state index in [9.17, 15) is 18.4 Å². The second-order valence-corrected chi connectivity index (χ2v) is 10.9. The first kappa shape index (κ1) is 31.8. The first-order valence-corrected chi connectivity index (χ1v) is 14.4. The molecule has 0 fully saturated rings. The molecule has 1 heterocycles. The lowest BCUT2D eigenvalue weighted by Crippen LogP contribution is -2.41. The van der Waals surface area contributed by atoms with Gasteiger partial charge in [0.25, 0.3) is 0 Å². The van der Waals surface area contributed by atoms with Crippen LogP contribution in [0.15, 0.2) is 83.0 Å². The van der Waals surface area contributed by atoms with Gasteiger partial charge in [0.1, 0.15) is 17.4 Å². The number of esters is 1. The van der Waals surface area contributed by atoms with Crippen LogP contribution in [0.2, 0.25) is 5.02 Å². The summed E-state index contributed by atoms with van der Waals surface area (Å²) in [5.74, 6) is -1.06. The van der Waals surface area contributed by atoms with E-state index in [4.69, 9.17) is 21.1 Å². The Labute approximate surface area is 255 Å². The molecule has 0 bridgehead atoms. The zero-order chi connectivity index (χ0) is 31.1. The van der Waals surface area contributed by atoms with Crippen LogP contribution in [-0.2, 0) is 9.53 Å². The Balaban J connectivity index is 1.35. The molecule has 1 unspecified atom stereocenters. The van der Waals surface area contributed by atoms with E-state index in [1.54, 1.807) is 30.3 Å². The summed E-state index contributed by atoms with van der Waals surface area (Å²) in [4.78, 5) is 32.6. The number of aliphatic imine (C=N–C) groups is 1. The van der Waals surface area contributed by atoms with E-state index in [1.165, 1.54) is 6.07 Å². The SMILES string of the molecule is CC1=NC(C)=C(C(=O)OC(C)C)C(c2cccc(Cl)c2)N1CCCNCC(=O)c1ccc(Oc2ccc(F)cc2F)cc1. The van der Waals surface area contributed by atoms with Crippen molar-refractivity contribution in [3.63, 3.8) is 0 Å². The smallest absolute Gasteiger partial charge is 0.338 e. The number of carbonyl (C=O) groups excluding carboxylic acids is 2. The molecule has 0 radical (unpaired) electrons. The van der Waals surface area contributed by atoms with Crippen molar-refractivity contribution >= 4 is 29.2 Å². The van der Waals surface area contributed by atoms with Crippen molar-refractivity contribution in [3.05, 3.63) is 106 Å². The van der Waals surface area contributed by atoms with E-state index >= 15 is 0 Å². The fraction of sp³-hybridized carbons (Fsp3) is 0.303. The molecule has 7 nitrogen and oxygen atoms in total. The Hall–Kier alpha value is -4.08. The topological polar surface area (TPSA) is 80.2 Å². The monoisotopic (exact) mass is 609 g/mol. The van der Waals surface area contributed by atoms with Crippen LogP contribution >= 0.6 is 11.6 Å². The summed E-state index contributed by atoms with van der Waals surface area (Å²) < 4.78 is 38.0. The fourth-order valence-corrected chi connectivity index (χ4v) is 5.03. The molecular formula is C33H34ClF2N3O4. The van der Waals surface area contributed by atoms with Gasteiger partial charge in [0, 0.05) is 23.2 Å². The number of nitrogens with one attached hydrogen (secondary N) is 1. The number of amidine groups is 1. The van der Waals surface area contributed by atoms with E-state index < -0.39 is 23.6 Å². The third-order valence-electron chi connectivity index (χ3n) is 6.78. The lowest BCUT2D eigenvalue weighted by atomic mass is 9.93. The Bertz CT molecular complexity index is 1540. The van der Waals surface area contributed by atoms with Crippen molar-refractivity contribution in [2.24, 2.45) is 4.99 Å². The highest BCUT2D eigenvalue weighted by Crippen LogP contribution is 2.37. The maximum atomic E-state index is 13.9. The van der Waals surface area contributed by atoms with Gasteiger partial charge in [-0.2, -0.15) is 0 Å². The standard InChI is InChI=1S/C33H34ClF2N3O4/c1-20(2)42-33(41)31-21(3)38-22(4)39(32(31)24-7-5-8-25(34)17-24)16-6-15-37-19-29(40)23-9-12-27(13-10-23)43-30-14-11-26(35)18-28(30)36/h5,7-14,17-18,20,32,37H,6,15-16,19H2,1-4H3. The number of rotatable bonds is 12. The van der Waals surface area contributed by atoms with Crippen LogP contribution in [0.3, 0.4) is 0 Å². The first-order chi connectivity index (χ1) is 20.5. The molecular weight excluding hydrogens is 576 g/mol. The summed E-state index contributed by atoms with van der Waals surface area (Å²) in [6.45, 7) is 8.54. The maximum absolute atomic E-state index is 13.9. The molecule has 0 aromatic heterocycles. The van der Waals surface area contributed by atoms with Crippen molar-refractivity contribution in [1.29, 1.82) is 0 Å². The number of hydrogen-bond acceptors (Lipinski definition) is 7. The Kier molecular flexibility index (Phi) is 10.7. The molecule has 1 aliphatic rings. The molecule has 0 spiro atoms. The number of halogens is 3. The molecule has 226 valence electrons. The van der Waals surface area contributed by atoms with Gasteiger partial charge in [-0.15, -0.1) is 0 Å². The molecule has 3 aromatic carbocycles. The summed E-state index contributed by atoms with van der Waals surface area (Å²) in [5, 5.41) is 3.74. The molecule has 0 amide bonds. The van der Waals surface area contributed by atoms with Gasteiger partial charge < -0.3 is 19.7 Å².